The smallest absolute Gasteiger partial charge is 0.290 e. The molecular weight excluding hydrogens is 394 g/mol. The predicted octanol–water partition coefficient (Wildman–Crippen LogP) is 4.02. The van der Waals surface area contributed by atoms with Crippen LogP contribution in [-0.2, 0) is 20.7 Å². The molecule has 1 heterocycles. The van der Waals surface area contributed by atoms with Gasteiger partial charge in [0.15, 0.2) is 11.5 Å². The Hall–Kier alpha value is -3.12. The number of rotatable bonds is 10. The average molecular weight is 424 g/mol. The van der Waals surface area contributed by atoms with Crippen LogP contribution in [0, 0.1) is 0 Å². The number of ketones is 1. The van der Waals surface area contributed by atoms with Gasteiger partial charge in [0.1, 0.15) is 5.75 Å². The lowest BCUT2D eigenvalue weighted by Crippen LogP contribution is -2.34. The number of aliphatic hydroxyl groups excluding tert-OH is 1. The van der Waals surface area contributed by atoms with E-state index in [0.29, 0.717) is 17.7 Å². The van der Waals surface area contributed by atoms with E-state index in [2.05, 4.69) is 0 Å². The van der Waals surface area contributed by atoms with Crippen molar-refractivity contribution in [1.82, 2.24) is 4.90 Å². The summed E-state index contributed by atoms with van der Waals surface area (Å²) in [5.41, 5.74) is 1.82. The summed E-state index contributed by atoms with van der Waals surface area (Å²) in [6.07, 6.45) is 0.637. The number of para-hydroxylation sites is 1. The van der Waals surface area contributed by atoms with E-state index in [0.717, 1.165) is 5.56 Å². The highest BCUT2D eigenvalue weighted by Crippen LogP contribution is 2.42. The molecule has 6 heteroatoms. The van der Waals surface area contributed by atoms with Crippen molar-refractivity contribution in [3.05, 3.63) is 77.1 Å². The van der Waals surface area contributed by atoms with Crippen molar-refractivity contribution in [2.75, 3.05) is 20.3 Å². The third-order valence-corrected chi connectivity index (χ3v) is 5.20. The first kappa shape index (κ1) is 22.6. The van der Waals surface area contributed by atoms with Crippen LogP contribution in [0.25, 0.3) is 0 Å². The Bertz CT molecular complexity index is 951. The van der Waals surface area contributed by atoms with Gasteiger partial charge in [-0.3, -0.25) is 9.59 Å². The van der Waals surface area contributed by atoms with Gasteiger partial charge in [-0.25, -0.2) is 0 Å². The van der Waals surface area contributed by atoms with Crippen LogP contribution in [0.5, 0.6) is 5.75 Å². The lowest BCUT2D eigenvalue weighted by atomic mass is 9.92. The van der Waals surface area contributed by atoms with Gasteiger partial charge in [0, 0.05) is 25.6 Å². The number of carbonyl (C=O) groups is 2. The lowest BCUT2D eigenvalue weighted by molar-refractivity contribution is -0.130. The van der Waals surface area contributed by atoms with Crippen LogP contribution in [0.2, 0.25) is 0 Å². The first-order valence-corrected chi connectivity index (χ1v) is 10.5. The van der Waals surface area contributed by atoms with Crippen LogP contribution in [0.15, 0.2) is 65.9 Å². The second kappa shape index (κ2) is 10.3. The highest BCUT2D eigenvalue weighted by atomic mass is 16.5. The second-order valence-corrected chi connectivity index (χ2v) is 7.77. The maximum absolute atomic E-state index is 13.2. The molecule has 0 aliphatic carbocycles. The summed E-state index contributed by atoms with van der Waals surface area (Å²) < 4.78 is 11.1. The number of benzene rings is 2. The van der Waals surface area contributed by atoms with Gasteiger partial charge in [0.25, 0.3) is 5.91 Å². The summed E-state index contributed by atoms with van der Waals surface area (Å²) in [4.78, 5) is 27.6. The molecule has 1 aliphatic rings. The average Bonchev–Trinajstić information content (AvgIpc) is 3.01. The highest BCUT2D eigenvalue weighted by molar-refractivity contribution is 6.09. The SMILES string of the molecule is COCCN1C(=O)C(O)=C(C(=O)CCc2ccccc2)C1c1ccccc1OC(C)C. The molecular formula is C25H29NO5. The standard InChI is InChI=1S/C25H29NO5/c1-17(2)31-21-12-8-7-11-19(21)23-22(24(28)25(29)26(23)15-16-30-3)20(27)14-13-18-9-5-4-6-10-18/h4-12,17,23,28H,13-16H2,1-3H3. The summed E-state index contributed by atoms with van der Waals surface area (Å²) in [7, 11) is 1.55. The summed E-state index contributed by atoms with van der Waals surface area (Å²) in [6.45, 7) is 4.36. The predicted molar refractivity (Wildman–Crippen MR) is 118 cm³/mol. The molecule has 0 fully saturated rings. The molecule has 3 rings (SSSR count). The summed E-state index contributed by atoms with van der Waals surface area (Å²) in [5, 5.41) is 10.7. The van der Waals surface area contributed by atoms with Crippen molar-refractivity contribution < 1.29 is 24.2 Å². The molecule has 2 aromatic carbocycles. The van der Waals surface area contributed by atoms with Gasteiger partial charge in [-0.2, -0.15) is 0 Å². The van der Waals surface area contributed by atoms with Crippen LogP contribution >= 0.6 is 0 Å². The van der Waals surface area contributed by atoms with Crippen LogP contribution in [0.3, 0.4) is 0 Å². The fourth-order valence-electron chi connectivity index (χ4n) is 3.79. The van der Waals surface area contributed by atoms with Gasteiger partial charge in [0.2, 0.25) is 0 Å². The normalized spacial score (nSPS) is 16.3. The number of hydrogen-bond acceptors (Lipinski definition) is 5. The Kier molecular flexibility index (Phi) is 7.47. The first-order chi connectivity index (χ1) is 14.9. The maximum Gasteiger partial charge on any atom is 0.290 e. The molecule has 6 nitrogen and oxygen atoms in total. The van der Waals surface area contributed by atoms with E-state index in [1.54, 1.807) is 7.11 Å². The van der Waals surface area contributed by atoms with Crippen molar-refractivity contribution in [1.29, 1.82) is 0 Å². The number of hydrogen-bond donors (Lipinski definition) is 1. The number of Topliss-reactive ketones (excluding diaryl/α,β-unsaturated/α-hetero) is 1. The molecule has 1 aliphatic heterocycles. The number of aliphatic hydroxyl groups is 1. The first-order valence-electron chi connectivity index (χ1n) is 10.5. The monoisotopic (exact) mass is 423 g/mol. The summed E-state index contributed by atoms with van der Waals surface area (Å²) >= 11 is 0. The van der Waals surface area contributed by atoms with E-state index >= 15 is 0 Å². The molecule has 0 aromatic heterocycles. The number of nitrogens with zero attached hydrogens (tertiary/aromatic N) is 1. The third-order valence-electron chi connectivity index (χ3n) is 5.20. The lowest BCUT2D eigenvalue weighted by Gasteiger charge is -2.28. The van der Waals surface area contributed by atoms with Gasteiger partial charge in [-0.05, 0) is 31.9 Å². The topological polar surface area (TPSA) is 76.1 Å². The molecule has 164 valence electrons. The quantitative estimate of drug-likeness (QED) is 0.625. The summed E-state index contributed by atoms with van der Waals surface area (Å²) in [5.74, 6) is -0.720. The highest BCUT2D eigenvalue weighted by Gasteiger charge is 2.44. The van der Waals surface area contributed by atoms with E-state index in [9.17, 15) is 14.7 Å². The number of aryl methyl sites for hydroxylation is 1. The van der Waals surface area contributed by atoms with Gasteiger partial charge in [0.05, 0.1) is 24.3 Å². The largest absolute Gasteiger partial charge is 0.503 e. The Balaban J connectivity index is 1.97. The molecule has 1 N–H and O–H groups in total. The number of amides is 1. The minimum Gasteiger partial charge on any atom is -0.503 e. The fraction of sp³-hybridized carbons (Fsp3) is 0.360. The van der Waals surface area contributed by atoms with Gasteiger partial charge in [-0.15, -0.1) is 0 Å². The minimum atomic E-state index is -0.721. The number of carbonyl (C=O) groups excluding carboxylic acids is 2. The molecule has 2 aromatic rings. The molecule has 0 bridgehead atoms. The third kappa shape index (κ3) is 5.14. The molecule has 0 radical (unpaired) electrons. The molecule has 31 heavy (non-hydrogen) atoms. The number of methoxy groups -OCH3 is 1. The zero-order valence-electron chi connectivity index (χ0n) is 18.2. The van der Waals surface area contributed by atoms with Crippen molar-refractivity contribution in [2.45, 2.75) is 38.8 Å². The Morgan fingerprint density at radius 3 is 2.45 bits per heavy atom. The second-order valence-electron chi connectivity index (χ2n) is 7.77. The van der Waals surface area contributed by atoms with Gasteiger partial charge < -0.3 is 19.5 Å². The fourth-order valence-corrected chi connectivity index (χ4v) is 3.79. The van der Waals surface area contributed by atoms with Gasteiger partial charge >= 0.3 is 0 Å². The van der Waals surface area contributed by atoms with Crippen LogP contribution in [-0.4, -0.2) is 48.1 Å². The Morgan fingerprint density at radius 1 is 1.10 bits per heavy atom. The van der Waals surface area contributed by atoms with Crippen molar-refractivity contribution in [3.63, 3.8) is 0 Å². The zero-order chi connectivity index (χ0) is 22.4. The van der Waals surface area contributed by atoms with Crippen molar-refractivity contribution in [3.8, 4) is 5.75 Å². The number of ether oxygens (including phenoxy) is 2. The van der Waals surface area contributed by atoms with E-state index in [1.807, 2.05) is 68.4 Å². The van der Waals surface area contributed by atoms with Gasteiger partial charge in [-0.1, -0.05) is 48.5 Å². The molecule has 0 spiro atoms. The molecule has 0 saturated carbocycles. The van der Waals surface area contributed by atoms with E-state index in [1.165, 1.54) is 4.90 Å². The summed E-state index contributed by atoms with van der Waals surface area (Å²) in [6, 6.07) is 16.3. The van der Waals surface area contributed by atoms with Crippen molar-refractivity contribution in [2.24, 2.45) is 0 Å². The molecule has 1 unspecified atom stereocenters. The van der Waals surface area contributed by atoms with E-state index < -0.39 is 17.7 Å². The van der Waals surface area contributed by atoms with E-state index in [4.69, 9.17) is 9.47 Å². The molecule has 0 saturated heterocycles. The Labute approximate surface area is 183 Å². The van der Waals surface area contributed by atoms with Crippen LogP contribution in [0.1, 0.15) is 37.4 Å². The Morgan fingerprint density at radius 2 is 1.77 bits per heavy atom. The van der Waals surface area contributed by atoms with Crippen LogP contribution < -0.4 is 4.74 Å². The molecule has 1 amide bonds. The maximum atomic E-state index is 13.2. The minimum absolute atomic E-state index is 0.0829. The van der Waals surface area contributed by atoms with E-state index in [-0.39, 0.29) is 37.0 Å². The zero-order valence-corrected chi connectivity index (χ0v) is 18.2. The van der Waals surface area contributed by atoms with Crippen LogP contribution in [0.4, 0.5) is 0 Å². The van der Waals surface area contributed by atoms with Crippen molar-refractivity contribution >= 4 is 11.7 Å². The molecule has 1 atom stereocenters.